The molecule has 0 saturated carbocycles. The van der Waals surface area contributed by atoms with Gasteiger partial charge in [-0.05, 0) is 57.9 Å². The van der Waals surface area contributed by atoms with E-state index in [1.807, 2.05) is 4.98 Å². The lowest BCUT2D eigenvalue weighted by Gasteiger charge is -2.38. The number of allylic oxidation sites excluding steroid dienone is 4. The number of aliphatic hydroxyl groups excluding tert-OH is 4. The van der Waals surface area contributed by atoms with Crippen LogP contribution in [-0.4, -0.2) is 180 Å². The van der Waals surface area contributed by atoms with Crippen LogP contribution in [0.2, 0.25) is 0 Å². The van der Waals surface area contributed by atoms with E-state index in [0.717, 1.165) is 60.9 Å². The molecule has 1 amide bonds. The Morgan fingerprint density at radius 2 is 1.55 bits per heavy atom. The number of nitrogens with zero attached hydrogens (tertiary/aromatic N) is 3. The van der Waals surface area contributed by atoms with E-state index in [1.165, 1.54) is 31.2 Å². The fraction of sp³-hybridized carbons (Fsp3) is 0.717. The fourth-order valence-electron chi connectivity index (χ4n) is 8.75. The number of carboxylic acid groups (broad SMARTS) is 2. The summed E-state index contributed by atoms with van der Waals surface area (Å²) in [5, 5.41) is 63.9. The standard InChI is InChI=1S/C46H71N5O18/c1-5-6-7-8-9-10-11-12-13-14-15-16-17-18-27(65-32(55)22-26(2)21-31(53)54)23-33(56)66-29-25-49(3)35(42(61)50(4)34(29)44(62)63)40(69-45-39(60)36(57)28(24-47)67-45)41-37(58)38(59)43(68-41)51-20-19-30(52)48-46(51)64/h9-10,12-13,19-20,26-29,34-41,43,45,57-60H,5-8,11,14-18,21-25,47H2,1-4H3,(H,53,54)(H,62,63)(H,48,52,64)/b10-9-,13-12-/t26?,27?,28-,29?,34?,35?,36-,37+,38-,39-,40?,41+,43-,45+/m1/s1. The summed E-state index contributed by atoms with van der Waals surface area (Å²) in [6.07, 6.45) is -1.03. The van der Waals surface area contributed by atoms with Gasteiger partial charge in [0.1, 0.15) is 61.0 Å². The molecule has 23 heteroatoms. The molecule has 0 radical (unpaired) electrons. The number of carboxylic acids is 2. The first-order valence-corrected chi connectivity index (χ1v) is 23.6. The number of aliphatic hydroxyl groups is 4. The minimum atomic E-state index is -1.96. The predicted molar refractivity (Wildman–Crippen MR) is 243 cm³/mol. The highest BCUT2D eigenvalue weighted by molar-refractivity contribution is 5.88. The summed E-state index contributed by atoms with van der Waals surface area (Å²) in [5.41, 5.74) is 3.91. The van der Waals surface area contributed by atoms with Crippen LogP contribution in [0.3, 0.4) is 0 Å². The van der Waals surface area contributed by atoms with Gasteiger partial charge in [0.2, 0.25) is 5.91 Å². The molecule has 0 bridgehead atoms. The number of hydrogen-bond acceptors (Lipinski definition) is 18. The second-order valence-corrected chi connectivity index (χ2v) is 18.0. The third-order valence-corrected chi connectivity index (χ3v) is 12.4. The molecule has 1 aromatic heterocycles. The Balaban J connectivity index is 1.55. The zero-order chi connectivity index (χ0) is 50.9. The number of esters is 2. The average Bonchev–Trinajstić information content (AvgIpc) is 3.68. The van der Waals surface area contributed by atoms with Crippen LogP contribution < -0.4 is 17.0 Å². The molecule has 69 heavy (non-hydrogen) atoms. The van der Waals surface area contributed by atoms with Crippen LogP contribution in [0.25, 0.3) is 0 Å². The number of aromatic amines is 1. The highest BCUT2D eigenvalue weighted by Crippen LogP contribution is 2.36. The molecule has 9 N–H and O–H groups in total. The summed E-state index contributed by atoms with van der Waals surface area (Å²) in [6.45, 7) is 2.95. The lowest BCUT2D eigenvalue weighted by Crippen LogP contribution is -2.59. The van der Waals surface area contributed by atoms with Gasteiger partial charge in [-0.25, -0.2) is 9.59 Å². The van der Waals surface area contributed by atoms with Gasteiger partial charge >= 0.3 is 29.6 Å². The van der Waals surface area contributed by atoms with Gasteiger partial charge in [-0.1, -0.05) is 57.4 Å². The highest BCUT2D eigenvalue weighted by atomic mass is 16.7. The van der Waals surface area contributed by atoms with Crippen molar-refractivity contribution in [2.45, 2.75) is 177 Å². The molecule has 0 aliphatic carbocycles. The van der Waals surface area contributed by atoms with Crippen LogP contribution in [0.1, 0.15) is 104 Å². The van der Waals surface area contributed by atoms with Crippen molar-refractivity contribution < 1.29 is 78.3 Å². The van der Waals surface area contributed by atoms with Crippen LogP contribution in [0, 0.1) is 5.92 Å². The lowest BCUT2D eigenvalue weighted by molar-refractivity contribution is -0.233. The van der Waals surface area contributed by atoms with Crippen molar-refractivity contribution in [2.24, 2.45) is 11.7 Å². The van der Waals surface area contributed by atoms with E-state index in [-0.39, 0.29) is 25.8 Å². The topological polar surface area (TPSA) is 340 Å². The first kappa shape index (κ1) is 56.7. The van der Waals surface area contributed by atoms with Crippen molar-refractivity contribution in [2.75, 3.05) is 27.2 Å². The molecule has 23 nitrogen and oxygen atoms in total. The molecule has 4 heterocycles. The van der Waals surface area contributed by atoms with Crippen LogP contribution in [0.5, 0.6) is 0 Å². The Hall–Kier alpha value is -4.85. The number of H-pyrrole nitrogens is 1. The number of carbonyl (C=O) groups is 5. The van der Waals surface area contributed by atoms with Crippen molar-refractivity contribution >= 4 is 29.8 Å². The molecule has 3 aliphatic heterocycles. The quantitative estimate of drug-likeness (QED) is 0.0325. The van der Waals surface area contributed by atoms with E-state index >= 15 is 0 Å². The van der Waals surface area contributed by atoms with Crippen LogP contribution in [-0.2, 0) is 47.7 Å². The molecule has 3 fully saturated rings. The number of nitrogens with one attached hydrogen (secondary N) is 1. The molecular weight excluding hydrogens is 911 g/mol. The smallest absolute Gasteiger partial charge is 0.330 e. The van der Waals surface area contributed by atoms with Crippen LogP contribution in [0.15, 0.2) is 46.2 Å². The SMILES string of the molecule is CCCCC/C=C\C/C=C\CCCCCC(CC(=O)OC1CN(C)C(C(O[C@@H]2O[C@H](CN)[C@@H](O)[C@H]2O)[C@H]2O[C@@H](n3ccc(=O)[nH]c3=O)[C@H](O)[C@@H]2O)C(=O)N(C)C1C(=O)O)OC(=O)CC(C)CC(=O)O. The predicted octanol–water partition coefficient (Wildman–Crippen LogP) is -0.0801. The van der Waals surface area contributed by atoms with Gasteiger partial charge in [0, 0.05) is 45.2 Å². The lowest BCUT2D eigenvalue weighted by atomic mass is 9.97. The Kier molecular flexibility index (Phi) is 22.6. The summed E-state index contributed by atoms with van der Waals surface area (Å²) in [4.78, 5) is 94.2. The molecule has 6 unspecified atom stereocenters. The van der Waals surface area contributed by atoms with Gasteiger partial charge in [-0.3, -0.25) is 38.4 Å². The molecular formula is C46H71N5O18. The summed E-state index contributed by atoms with van der Waals surface area (Å²) < 4.78 is 30.0. The third-order valence-electron chi connectivity index (χ3n) is 12.4. The maximum atomic E-state index is 14.6. The van der Waals surface area contributed by atoms with E-state index in [2.05, 4.69) is 31.2 Å². The first-order valence-electron chi connectivity index (χ1n) is 23.6. The minimum absolute atomic E-state index is 0.224. The minimum Gasteiger partial charge on any atom is -0.481 e. The van der Waals surface area contributed by atoms with Gasteiger partial charge in [0.15, 0.2) is 18.6 Å². The second-order valence-electron chi connectivity index (χ2n) is 18.0. The van der Waals surface area contributed by atoms with Gasteiger partial charge in [0.05, 0.1) is 6.42 Å². The molecule has 1 aromatic rings. The van der Waals surface area contributed by atoms with E-state index in [0.29, 0.717) is 6.42 Å². The Morgan fingerprint density at radius 3 is 2.16 bits per heavy atom. The summed E-state index contributed by atoms with van der Waals surface area (Å²) >= 11 is 0. The molecule has 14 atom stereocenters. The van der Waals surface area contributed by atoms with Gasteiger partial charge in [0.25, 0.3) is 5.56 Å². The normalized spacial score (nSPS) is 29.0. The average molecular weight is 982 g/mol. The number of nitrogens with two attached hydrogens (primary N) is 1. The van der Waals surface area contributed by atoms with Crippen LogP contribution in [0.4, 0.5) is 0 Å². The number of rotatable bonds is 27. The number of carbonyl (C=O) groups excluding carboxylic acids is 3. The third kappa shape index (κ3) is 16.1. The van der Waals surface area contributed by atoms with Crippen LogP contribution >= 0.6 is 0 Å². The van der Waals surface area contributed by atoms with Crippen molar-refractivity contribution in [3.8, 4) is 0 Å². The molecule has 0 spiro atoms. The molecule has 4 rings (SSSR count). The van der Waals surface area contributed by atoms with Gasteiger partial charge in [-0.2, -0.15) is 0 Å². The van der Waals surface area contributed by atoms with E-state index in [1.54, 1.807) is 6.92 Å². The number of ether oxygens (including phenoxy) is 5. The van der Waals surface area contributed by atoms with Crippen molar-refractivity contribution in [3.63, 3.8) is 0 Å². The second kappa shape index (κ2) is 27.5. The Bertz CT molecular complexity index is 2030. The number of amides is 1. The summed E-state index contributed by atoms with van der Waals surface area (Å²) in [6, 6.07) is -2.58. The van der Waals surface area contributed by atoms with E-state index in [9.17, 15) is 64.2 Å². The van der Waals surface area contributed by atoms with Gasteiger partial charge in [-0.15, -0.1) is 0 Å². The monoisotopic (exact) mass is 981 g/mol. The Labute approximate surface area is 399 Å². The zero-order valence-corrected chi connectivity index (χ0v) is 39.7. The van der Waals surface area contributed by atoms with E-state index < -0.39 is 139 Å². The zero-order valence-electron chi connectivity index (χ0n) is 39.7. The molecule has 3 saturated heterocycles. The largest absolute Gasteiger partial charge is 0.481 e. The summed E-state index contributed by atoms with van der Waals surface area (Å²) in [7, 11) is 2.46. The summed E-state index contributed by atoms with van der Waals surface area (Å²) in [5.74, 6) is -5.97. The maximum Gasteiger partial charge on any atom is 0.330 e. The number of aliphatic carboxylic acids is 2. The highest BCUT2D eigenvalue weighted by Gasteiger charge is 2.57. The van der Waals surface area contributed by atoms with Crippen molar-refractivity contribution in [1.82, 2.24) is 19.4 Å². The fourth-order valence-corrected chi connectivity index (χ4v) is 8.75. The van der Waals surface area contributed by atoms with Crippen molar-refractivity contribution in [3.05, 3.63) is 57.4 Å². The number of aromatic nitrogens is 2. The maximum absolute atomic E-state index is 14.6. The van der Waals surface area contributed by atoms with E-state index in [4.69, 9.17) is 29.4 Å². The number of likely N-dealkylation sites (N-methyl/N-ethyl adjacent to an activating group) is 2. The van der Waals surface area contributed by atoms with Crippen molar-refractivity contribution in [1.29, 1.82) is 0 Å². The molecule has 388 valence electrons. The molecule has 0 aromatic carbocycles. The van der Waals surface area contributed by atoms with Gasteiger partial charge < -0.3 is 65.0 Å². The first-order chi connectivity index (χ1) is 32.8. The number of unbranched alkanes of at least 4 members (excludes halogenated alkanes) is 6. The Morgan fingerprint density at radius 1 is 0.870 bits per heavy atom. The number of hydrogen-bond donors (Lipinski definition) is 8. The molecule has 3 aliphatic rings.